The van der Waals surface area contributed by atoms with Crippen molar-refractivity contribution in [1.29, 1.82) is 0 Å². The molecule has 14 nitrogen and oxygen atoms in total. The smallest absolute Gasteiger partial charge is 0.407 e. The molecule has 1 aromatic heterocycles. The van der Waals surface area contributed by atoms with Crippen LogP contribution in [0.5, 0.6) is 0 Å². The number of benzene rings is 3. The van der Waals surface area contributed by atoms with E-state index in [4.69, 9.17) is 10.5 Å². The maximum absolute atomic E-state index is 14.9. The van der Waals surface area contributed by atoms with Crippen molar-refractivity contribution in [2.75, 3.05) is 13.1 Å². The summed E-state index contributed by atoms with van der Waals surface area (Å²) in [5.41, 5.74) is 6.56. The van der Waals surface area contributed by atoms with Crippen LogP contribution in [0, 0.1) is 26.0 Å². The van der Waals surface area contributed by atoms with Crippen LogP contribution in [0.2, 0.25) is 0 Å². The van der Waals surface area contributed by atoms with Gasteiger partial charge in [0, 0.05) is 42.4 Å². The van der Waals surface area contributed by atoms with Crippen LogP contribution in [0.25, 0.3) is 22.2 Å². The Hall–Kier alpha value is -5.44. The average Bonchev–Trinajstić information content (AvgIpc) is 3.35. The number of nitrogens with one attached hydrogen (secondary N) is 2. The highest BCUT2D eigenvalue weighted by Gasteiger charge is 2.24. The number of hydrogen-bond acceptors (Lipinski definition) is 9. The molecule has 0 radical (unpaired) electrons. The van der Waals surface area contributed by atoms with Crippen LogP contribution in [0.1, 0.15) is 49.8 Å². The number of nitrogens with two attached hydrogens (primary N) is 1. The summed E-state index contributed by atoms with van der Waals surface area (Å²) in [5, 5.41) is 28.0. The number of carbonyl (C=O) groups excluding carboxylic acids is 2. The highest BCUT2D eigenvalue weighted by molar-refractivity contribution is 5.96. The Morgan fingerprint density at radius 3 is 2.28 bits per heavy atom. The Kier molecular flexibility index (Phi) is 10.3. The van der Waals surface area contributed by atoms with Crippen molar-refractivity contribution in [3.63, 3.8) is 0 Å². The van der Waals surface area contributed by atoms with E-state index in [0.717, 1.165) is 18.2 Å². The predicted molar refractivity (Wildman–Crippen MR) is 168 cm³/mol. The van der Waals surface area contributed by atoms with E-state index >= 15 is 0 Å². The lowest BCUT2D eigenvalue weighted by molar-refractivity contribution is -0.385. The number of carbonyl (C=O) groups is 2. The largest absolute Gasteiger partial charge is 0.444 e. The van der Waals surface area contributed by atoms with E-state index in [1.807, 2.05) is 0 Å². The molecule has 4 N–H and O–H groups in total. The van der Waals surface area contributed by atoms with Crippen LogP contribution < -0.4 is 16.4 Å². The number of non-ortho nitro benzene ring substituents is 2. The number of halogens is 1. The Morgan fingerprint density at radius 1 is 1.00 bits per heavy atom. The zero-order valence-corrected chi connectivity index (χ0v) is 25.5. The van der Waals surface area contributed by atoms with Gasteiger partial charge in [-0.05, 0) is 81.6 Å². The first-order valence-corrected chi connectivity index (χ1v) is 14.4. The standard InChI is InChI=1S/C31H34FN7O7/c1-31(2,3)46-30(41)35-22(5-4-14-33)17-34-29(40)28-36-26-13-8-20(19-6-9-23(10-7-19)38(42)43)16-27(26)37(28)18-21-15-24(39(44)45)11-12-25(21)32/h6-13,15-16,22H,4-5,14,17-18,33H2,1-3H3,(H,34,40)(H,35,41)/t22-/m0/s1. The molecule has 4 rings (SSSR count). The molecule has 4 aromatic rings. The fourth-order valence-electron chi connectivity index (χ4n) is 4.74. The van der Waals surface area contributed by atoms with Crippen LogP contribution in [0.4, 0.5) is 20.6 Å². The van der Waals surface area contributed by atoms with Gasteiger partial charge in [0.25, 0.3) is 17.3 Å². The first-order valence-electron chi connectivity index (χ1n) is 14.4. The minimum absolute atomic E-state index is 0.000492. The number of hydrogen-bond donors (Lipinski definition) is 3. The molecule has 0 aliphatic rings. The summed E-state index contributed by atoms with van der Waals surface area (Å²) in [7, 11) is 0. The van der Waals surface area contributed by atoms with Crippen molar-refractivity contribution >= 4 is 34.4 Å². The number of alkyl carbamates (subject to hydrolysis) is 1. The molecule has 1 heterocycles. The second-order valence-electron chi connectivity index (χ2n) is 11.5. The number of ether oxygens (including phenoxy) is 1. The number of nitro benzene ring substituents is 2. The third-order valence-corrected chi connectivity index (χ3v) is 6.92. The van der Waals surface area contributed by atoms with Gasteiger partial charge >= 0.3 is 6.09 Å². The highest BCUT2D eigenvalue weighted by Crippen LogP contribution is 2.28. The highest BCUT2D eigenvalue weighted by atomic mass is 19.1. The Labute approximate surface area is 263 Å². The summed E-state index contributed by atoms with van der Waals surface area (Å²) < 4.78 is 21.7. The summed E-state index contributed by atoms with van der Waals surface area (Å²) in [5.74, 6) is -1.45. The molecule has 0 saturated heterocycles. The van der Waals surface area contributed by atoms with Crippen molar-refractivity contribution in [3.8, 4) is 11.1 Å². The van der Waals surface area contributed by atoms with E-state index in [2.05, 4.69) is 15.6 Å². The summed E-state index contributed by atoms with van der Waals surface area (Å²) in [6.45, 7) is 5.27. The molecule has 1 atom stereocenters. The number of nitrogens with zero attached hydrogens (tertiary/aromatic N) is 4. The first-order chi connectivity index (χ1) is 21.8. The number of aromatic nitrogens is 2. The number of amides is 2. The Balaban J connectivity index is 1.71. The molecule has 0 saturated carbocycles. The fraction of sp³-hybridized carbons (Fsp3) is 0.323. The average molecular weight is 636 g/mol. The van der Waals surface area contributed by atoms with E-state index in [0.29, 0.717) is 41.5 Å². The maximum Gasteiger partial charge on any atom is 0.407 e. The maximum atomic E-state index is 14.9. The number of nitro groups is 2. The topological polar surface area (TPSA) is 198 Å². The van der Waals surface area contributed by atoms with Gasteiger partial charge in [-0.1, -0.05) is 6.07 Å². The van der Waals surface area contributed by atoms with E-state index in [1.54, 1.807) is 51.1 Å². The zero-order valence-electron chi connectivity index (χ0n) is 25.5. The van der Waals surface area contributed by atoms with Crippen molar-refractivity contribution in [1.82, 2.24) is 20.2 Å². The second kappa shape index (κ2) is 14.1. The molecule has 0 spiro atoms. The molecule has 2 amide bonds. The van der Waals surface area contributed by atoms with Crippen LogP contribution in [-0.4, -0.2) is 56.1 Å². The minimum Gasteiger partial charge on any atom is -0.444 e. The molecular formula is C31H34FN7O7. The molecule has 0 fully saturated rings. The Morgan fingerprint density at radius 2 is 1.65 bits per heavy atom. The van der Waals surface area contributed by atoms with Gasteiger partial charge in [0.1, 0.15) is 11.4 Å². The molecule has 15 heteroatoms. The van der Waals surface area contributed by atoms with Gasteiger partial charge in [-0.3, -0.25) is 25.0 Å². The van der Waals surface area contributed by atoms with Crippen molar-refractivity contribution in [2.24, 2.45) is 5.73 Å². The third-order valence-electron chi connectivity index (χ3n) is 6.92. The predicted octanol–water partition coefficient (Wildman–Crippen LogP) is 5.07. The first kappa shape index (κ1) is 33.5. The van der Waals surface area contributed by atoms with Crippen molar-refractivity contribution in [3.05, 3.63) is 98.1 Å². The molecule has 242 valence electrons. The quantitative estimate of drug-likeness (QED) is 0.141. The zero-order chi connectivity index (χ0) is 33.6. The van der Waals surface area contributed by atoms with Gasteiger partial charge < -0.3 is 25.7 Å². The number of rotatable bonds is 12. The molecule has 0 aliphatic heterocycles. The monoisotopic (exact) mass is 635 g/mol. The molecule has 0 unspecified atom stereocenters. The SMILES string of the molecule is CC(C)(C)OC(=O)N[C@@H](CCCN)CNC(=O)c1nc2ccc(-c3ccc([N+](=O)[O-])cc3)cc2n1Cc1cc([N+](=O)[O-])ccc1F. The lowest BCUT2D eigenvalue weighted by Crippen LogP contribution is -2.46. The second-order valence-corrected chi connectivity index (χ2v) is 11.5. The van der Waals surface area contributed by atoms with Gasteiger partial charge in [0.05, 0.1) is 27.4 Å². The van der Waals surface area contributed by atoms with Gasteiger partial charge in [-0.15, -0.1) is 0 Å². The number of fused-ring (bicyclic) bond motifs is 1. The van der Waals surface area contributed by atoms with Crippen LogP contribution in [-0.2, 0) is 11.3 Å². The van der Waals surface area contributed by atoms with Crippen LogP contribution in [0.3, 0.4) is 0 Å². The summed E-state index contributed by atoms with van der Waals surface area (Å²) in [6, 6.07) is 13.6. The van der Waals surface area contributed by atoms with Crippen molar-refractivity contribution < 1.29 is 28.6 Å². The van der Waals surface area contributed by atoms with Gasteiger partial charge in [0.15, 0.2) is 5.82 Å². The van der Waals surface area contributed by atoms with Crippen molar-refractivity contribution in [2.45, 2.75) is 51.8 Å². The van der Waals surface area contributed by atoms with Crippen LogP contribution >= 0.6 is 0 Å². The van der Waals surface area contributed by atoms with Crippen LogP contribution in [0.15, 0.2) is 60.7 Å². The van der Waals surface area contributed by atoms with Gasteiger partial charge in [-0.25, -0.2) is 14.2 Å². The van der Waals surface area contributed by atoms with E-state index in [9.17, 15) is 34.2 Å². The summed E-state index contributed by atoms with van der Waals surface area (Å²) >= 11 is 0. The minimum atomic E-state index is -0.730. The molecular weight excluding hydrogens is 601 g/mol. The van der Waals surface area contributed by atoms with E-state index in [-0.39, 0.29) is 35.9 Å². The number of imidazole rings is 1. The summed E-state index contributed by atoms with van der Waals surface area (Å²) in [6.07, 6.45) is 0.354. The molecule has 0 aliphatic carbocycles. The lowest BCUT2D eigenvalue weighted by Gasteiger charge is -2.24. The Bertz CT molecular complexity index is 1770. The molecule has 46 heavy (non-hydrogen) atoms. The van der Waals surface area contributed by atoms with Gasteiger partial charge in [0.2, 0.25) is 0 Å². The lowest BCUT2D eigenvalue weighted by atomic mass is 10.0. The van der Waals surface area contributed by atoms with E-state index < -0.39 is 39.3 Å². The van der Waals surface area contributed by atoms with Gasteiger partial charge in [-0.2, -0.15) is 0 Å². The fourth-order valence-corrected chi connectivity index (χ4v) is 4.74. The third kappa shape index (κ3) is 8.38. The normalized spacial score (nSPS) is 12.0. The summed E-state index contributed by atoms with van der Waals surface area (Å²) in [4.78, 5) is 51.9. The molecule has 0 bridgehead atoms. The van der Waals surface area contributed by atoms with E-state index in [1.165, 1.54) is 16.7 Å². The molecule has 3 aromatic carbocycles.